The Bertz CT molecular complexity index is 1160. The van der Waals surface area contributed by atoms with Gasteiger partial charge in [0.2, 0.25) is 5.82 Å². The van der Waals surface area contributed by atoms with Gasteiger partial charge in [0.05, 0.1) is 22.8 Å². The number of aromatic nitrogens is 2. The number of hydrogen-bond acceptors (Lipinski definition) is 4. The van der Waals surface area contributed by atoms with E-state index in [4.69, 9.17) is 4.74 Å². The van der Waals surface area contributed by atoms with Crippen LogP contribution in [0, 0.1) is 0 Å². The fourth-order valence-electron chi connectivity index (χ4n) is 2.93. The molecule has 138 valence electrons. The van der Waals surface area contributed by atoms with E-state index in [0.29, 0.717) is 11.4 Å². The summed E-state index contributed by atoms with van der Waals surface area (Å²) in [5, 5.41) is 3.74. The maximum absolute atomic E-state index is 12.8. The highest BCUT2D eigenvalue weighted by atomic mass is 79.9. The van der Waals surface area contributed by atoms with Crippen molar-refractivity contribution in [1.82, 2.24) is 9.97 Å². The lowest BCUT2D eigenvalue weighted by molar-refractivity contribution is 0.101. The number of para-hydroxylation sites is 1. The second-order valence-electron chi connectivity index (χ2n) is 6.08. The molecule has 5 nitrogen and oxygen atoms in total. The molecule has 0 atom stereocenters. The van der Waals surface area contributed by atoms with Gasteiger partial charge in [-0.1, -0.05) is 48.5 Å². The van der Waals surface area contributed by atoms with Crippen LogP contribution >= 0.6 is 15.9 Å². The summed E-state index contributed by atoms with van der Waals surface area (Å²) in [5.74, 6) is 0.427. The van der Waals surface area contributed by atoms with Crippen LogP contribution in [0.15, 0.2) is 77.3 Å². The predicted octanol–water partition coefficient (Wildman–Crippen LogP) is 5.32. The SMILES string of the molecule is COc1ccc(NC(=O)c2nc(-c3ccccc3)c3ccccc3n2)cc1Br. The maximum atomic E-state index is 12.8. The van der Waals surface area contributed by atoms with Gasteiger partial charge < -0.3 is 10.1 Å². The summed E-state index contributed by atoms with van der Waals surface area (Å²) in [5.41, 5.74) is 3.00. The van der Waals surface area contributed by atoms with Gasteiger partial charge in [-0.15, -0.1) is 0 Å². The first-order chi connectivity index (χ1) is 13.7. The molecule has 0 saturated carbocycles. The maximum Gasteiger partial charge on any atom is 0.293 e. The van der Waals surface area contributed by atoms with Crippen molar-refractivity contribution in [2.45, 2.75) is 0 Å². The Balaban J connectivity index is 1.74. The van der Waals surface area contributed by atoms with E-state index < -0.39 is 0 Å². The molecule has 1 N–H and O–H groups in total. The minimum absolute atomic E-state index is 0.115. The number of rotatable bonds is 4. The smallest absolute Gasteiger partial charge is 0.293 e. The zero-order chi connectivity index (χ0) is 19.5. The monoisotopic (exact) mass is 433 g/mol. The van der Waals surface area contributed by atoms with Crippen molar-refractivity contribution in [2.24, 2.45) is 0 Å². The van der Waals surface area contributed by atoms with Gasteiger partial charge in [-0.05, 0) is 40.2 Å². The van der Waals surface area contributed by atoms with Gasteiger partial charge in [0, 0.05) is 16.6 Å². The molecule has 4 aromatic rings. The third kappa shape index (κ3) is 3.59. The van der Waals surface area contributed by atoms with E-state index in [1.54, 1.807) is 25.3 Å². The quantitative estimate of drug-likeness (QED) is 0.472. The van der Waals surface area contributed by atoms with Gasteiger partial charge in [0.25, 0.3) is 5.91 Å². The summed E-state index contributed by atoms with van der Waals surface area (Å²) in [4.78, 5) is 21.8. The predicted molar refractivity (Wildman–Crippen MR) is 114 cm³/mol. The van der Waals surface area contributed by atoms with E-state index in [1.165, 1.54) is 0 Å². The zero-order valence-corrected chi connectivity index (χ0v) is 16.6. The highest BCUT2D eigenvalue weighted by Crippen LogP contribution is 2.29. The van der Waals surface area contributed by atoms with Crippen molar-refractivity contribution in [2.75, 3.05) is 12.4 Å². The van der Waals surface area contributed by atoms with Crippen molar-refractivity contribution >= 4 is 38.4 Å². The zero-order valence-electron chi connectivity index (χ0n) is 15.0. The number of amides is 1. The number of methoxy groups -OCH3 is 1. The molecule has 1 amide bonds. The molecule has 28 heavy (non-hydrogen) atoms. The van der Waals surface area contributed by atoms with Crippen molar-refractivity contribution in [3.8, 4) is 17.0 Å². The number of halogens is 1. The molecule has 0 aliphatic rings. The van der Waals surface area contributed by atoms with Crippen LogP contribution < -0.4 is 10.1 Å². The first-order valence-electron chi connectivity index (χ1n) is 8.63. The van der Waals surface area contributed by atoms with Crippen LogP contribution in [0.2, 0.25) is 0 Å². The normalized spacial score (nSPS) is 10.6. The summed E-state index contributed by atoms with van der Waals surface area (Å²) in [6, 6.07) is 22.8. The van der Waals surface area contributed by atoms with Crippen molar-refractivity contribution < 1.29 is 9.53 Å². The number of hydrogen-bond donors (Lipinski definition) is 1. The second kappa shape index (κ2) is 7.78. The van der Waals surface area contributed by atoms with Gasteiger partial charge in [-0.2, -0.15) is 0 Å². The number of anilines is 1. The summed E-state index contributed by atoms with van der Waals surface area (Å²) in [6.07, 6.45) is 0. The van der Waals surface area contributed by atoms with Crippen LogP contribution in [0.3, 0.4) is 0 Å². The van der Waals surface area contributed by atoms with Crippen molar-refractivity contribution in [3.63, 3.8) is 0 Å². The fraction of sp³-hybridized carbons (Fsp3) is 0.0455. The molecule has 0 fully saturated rings. The lowest BCUT2D eigenvalue weighted by Gasteiger charge is -2.10. The van der Waals surface area contributed by atoms with Gasteiger partial charge in [0.15, 0.2) is 0 Å². The van der Waals surface area contributed by atoms with Gasteiger partial charge >= 0.3 is 0 Å². The van der Waals surface area contributed by atoms with E-state index in [1.807, 2.05) is 54.6 Å². The topological polar surface area (TPSA) is 64.1 Å². The van der Waals surface area contributed by atoms with Gasteiger partial charge in [0.1, 0.15) is 5.75 Å². The number of carbonyl (C=O) groups excluding carboxylic acids is 1. The summed E-state index contributed by atoms with van der Waals surface area (Å²) < 4.78 is 5.97. The Kier molecular flexibility index (Phi) is 5.04. The Labute approximate surface area is 170 Å². The number of carbonyl (C=O) groups is 1. The van der Waals surface area contributed by atoms with Crippen LogP contribution in [0.1, 0.15) is 10.6 Å². The first kappa shape index (κ1) is 18.1. The number of benzene rings is 3. The molecule has 6 heteroatoms. The molecule has 3 aromatic carbocycles. The van der Waals surface area contributed by atoms with Crippen molar-refractivity contribution in [3.05, 3.63) is 83.1 Å². The van der Waals surface area contributed by atoms with E-state index in [0.717, 1.165) is 26.6 Å². The Morgan fingerprint density at radius 3 is 2.46 bits per heavy atom. The van der Waals surface area contributed by atoms with Crippen LogP contribution in [0.5, 0.6) is 5.75 Å². The Hall–Kier alpha value is -3.25. The van der Waals surface area contributed by atoms with Crippen LogP contribution in [0.25, 0.3) is 22.2 Å². The minimum atomic E-state index is -0.375. The van der Waals surface area contributed by atoms with E-state index in [2.05, 4.69) is 31.2 Å². The van der Waals surface area contributed by atoms with Gasteiger partial charge in [-0.3, -0.25) is 4.79 Å². The van der Waals surface area contributed by atoms with Crippen LogP contribution in [0.4, 0.5) is 5.69 Å². The molecular weight excluding hydrogens is 418 g/mol. The minimum Gasteiger partial charge on any atom is -0.496 e. The Morgan fingerprint density at radius 2 is 1.71 bits per heavy atom. The summed E-state index contributed by atoms with van der Waals surface area (Å²) in [7, 11) is 1.59. The van der Waals surface area contributed by atoms with Gasteiger partial charge in [-0.25, -0.2) is 9.97 Å². The fourth-order valence-corrected chi connectivity index (χ4v) is 3.47. The molecule has 0 bridgehead atoms. The molecule has 1 heterocycles. The van der Waals surface area contributed by atoms with E-state index in [9.17, 15) is 4.79 Å². The lowest BCUT2D eigenvalue weighted by atomic mass is 10.1. The highest BCUT2D eigenvalue weighted by Gasteiger charge is 2.15. The largest absolute Gasteiger partial charge is 0.496 e. The first-order valence-corrected chi connectivity index (χ1v) is 9.42. The lowest BCUT2D eigenvalue weighted by Crippen LogP contribution is -2.16. The summed E-state index contributed by atoms with van der Waals surface area (Å²) >= 11 is 3.42. The average molecular weight is 434 g/mol. The molecule has 0 radical (unpaired) electrons. The summed E-state index contributed by atoms with van der Waals surface area (Å²) in [6.45, 7) is 0. The molecular formula is C22H16BrN3O2. The molecule has 0 aliphatic heterocycles. The molecule has 0 aliphatic carbocycles. The average Bonchev–Trinajstić information content (AvgIpc) is 2.73. The van der Waals surface area contributed by atoms with Crippen LogP contribution in [-0.2, 0) is 0 Å². The number of ether oxygens (including phenoxy) is 1. The van der Waals surface area contributed by atoms with Crippen molar-refractivity contribution in [1.29, 1.82) is 0 Å². The molecule has 0 unspecified atom stereocenters. The number of nitrogens with one attached hydrogen (secondary N) is 1. The number of nitrogens with zero attached hydrogens (tertiary/aromatic N) is 2. The van der Waals surface area contributed by atoms with Crippen LogP contribution in [-0.4, -0.2) is 23.0 Å². The molecule has 1 aromatic heterocycles. The number of fused-ring (bicyclic) bond motifs is 1. The molecule has 0 saturated heterocycles. The third-order valence-corrected chi connectivity index (χ3v) is 4.88. The molecule has 0 spiro atoms. The highest BCUT2D eigenvalue weighted by molar-refractivity contribution is 9.10. The molecule has 4 rings (SSSR count). The van der Waals surface area contributed by atoms with E-state index >= 15 is 0 Å². The van der Waals surface area contributed by atoms with E-state index in [-0.39, 0.29) is 11.7 Å². The second-order valence-corrected chi connectivity index (χ2v) is 6.94. The Morgan fingerprint density at radius 1 is 0.964 bits per heavy atom. The standard InChI is InChI=1S/C22H16BrN3O2/c1-28-19-12-11-15(13-17(19)23)24-22(27)21-25-18-10-6-5-9-16(18)20(26-21)14-7-3-2-4-8-14/h2-13H,1H3,(H,24,27). The third-order valence-electron chi connectivity index (χ3n) is 4.26.